The van der Waals surface area contributed by atoms with Gasteiger partial charge in [0.1, 0.15) is 11.6 Å². The molecule has 0 unspecified atom stereocenters. The van der Waals surface area contributed by atoms with Crippen LogP contribution in [-0.2, 0) is 0 Å². The zero-order valence-electron chi connectivity index (χ0n) is 6.89. The van der Waals surface area contributed by atoms with Gasteiger partial charge in [-0.15, -0.1) is 0 Å². The Kier molecular flexibility index (Phi) is 2.72. The summed E-state index contributed by atoms with van der Waals surface area (Å²) >= 11 is 0. The molecule has 1 rings (SSSR count). The van der Waals surface area contributed by atoms with Crippen molar-refractivity contribution < 1.29 is 0 Å². The fourth-order valence-electron chi connectivity index (χ4n) is 0.854. The third-order valence-electron chi connectivity index (χ3n) is 1.36. The van der Waals surface area contributed by atoms with Crippen molar-refractivity contribution in [2.75, 3.05) is 24.2 Å². The van der Waals surface area contributed by atoms with Gasteiger partial charge in [-0.1, -0.05) is 6.07 Å². The smallest absolute Gasteiger partial charge is 0.128 e. The summed E-state index contributed by atoms with van der Waals surface area (Å²) in [4.78, 5) is 4.26. The van der Waals surface area contributed by atoms with Gasteiger partial charge in [0.25, 0.3) is 0 Å². The number of hydrogen-bond acceptors (Lipinski definition) is 3. The second-order valence-corrected chi connectivity index (χ2v) is 2.19. The van der Waals surface area contributed by atoms with Crippen LogP contribution < -0.4 is 10.6 Å². The molecule has 11 heavy (non-hydrogen) atoms. The molecule has 60 valence electrons. The first-order valence-electron chi connectivity index (χ1n) is 3.75. The van der Waals surface area contributed by atoms with Gasteiger partial charge < -0.3 is 10.6 Å². The molecule has 0 fully saturated rings. The van der Waals surface area contributed by atoms with E-state index in [4.69, 9.17) is 0 Å². The molecule has 1 aromatic heterocycles. The van der Waals surface area contributed by atoms with Crippen LogP contribution >= 0.6 is 0 Å². The van der Waals surface area contributed by atoms with E-state index in [1.54, 1.807) is 0 Å². The van der Waals surface area contributed by atoms with Crippen LogP contribution in [0.1, 0.15) is 6.92 Å². The molecule has 0 saturated heterocycles. The van der Waals surface area contributed by atoms with Crippen LogP contribution in [0.5, 0.6) is 0 Å². The van der Waals surface area contributed by atoms with Gasteiger partial charge in [0.2, 0.25) is 0 Å². The predicted octanol–water partition coefficient (Wildman–Crippen LogP) is 1.56. The topological polar surface area (TPSA) is 37.0 Å². The maximum absolute atomic E-state index is 4.26. The second-order valence-electron chi connectivity index (χ2n) is 2.19. The molecule has 0 bridgehead atoms. The van der Waals surface area contributed by atoms with Crippen LogP contribution in [0, 0.1) is 0 Å². The Morgan fingerprint density at radius 2 is 2.09 bits per heavy atom. The number of aromatic nitrogens is 1. The Balaban J connectivity index is 2.74. The molecular formula is C8H13N3. The molecule has 3 heteroatoms. The summed E-state index contributed by atoms with van der Waals surface area (Å²) < 4.78 is 0. The quantitative estimate of drug-likeness (QED) is 0.688. The van der Waals surface area contributed by atoms with Gasteiger partial charge in [0, 0.05) is 13.6 Å². The standard InChI is InChI=1S/C8H13N3/c1-3-10-8-6-4-5-7(9-2)11-8/h4-6H,3H2,1-2H3,(H2,9,10,11). The molecule has 0 aliphatic carbocycles. The second kappa shape index (κ2) is 3.81. The Morgan fingerprint density at radius 1 is 1.36 bits per heavy atom. The maximum atomic E-state index is 4.26. The summed E-state index contributed by atoms with van der Waals surface area (Å²) in [6.45, 7) is 2.95. The summed E-state index contributed by atoms with van der Waals surface area (Å²) in [6.07, 6.45) is 0. The molecule has 0 radical (unpaired) electrons. The van der Waals surface area contributed by atoms with Gasteiger partial charge in [0.15, 0.2) is 0 Å². The highest BCUT2D eigenvalue weighted by Gasteiger charge is 1.91. The van der Waals surface area contributed by atoms with E-state index in [0.717, 1.165) is 18.2 Å². The van der Waals surface area contributed by atoms with E-state index in [-0.39, 0.29) is 0 Å². The number of nitrogens with one attached hydrogen (secondary N) is 2. The largest absolute Gasteiger partial charge is 0.373 e. The molecule has 0 atom stereocenters. The van der Waals surface area contributed by atoms with Crippen molar-refractivity contribution in [2.45, 2.75) is 6.92 Å². The minimum Gasteiger partial charge on any atom is -0.373 e. The Labute approximate surface area is 66.8 Å². The fourth-order valence-corrected chi connectivity index (χ4v) is 0.854. The highest BCUT2D eigenvalue weighted by Crippen LogP contribution is 2.07. The first-order valence-corrected chi connectivity index (χ1v) is 3.75. The lowest BCUT2D eigenvalue weighted by atomic mass is 10.4. The van der Waals surface area contributed by atoms with Crippen LogP contribution in [0.3, 0.4) is 0 Å². The van der Waals surface area contributed by atoms with Crippen LogP contribution in [-0.4, -0.2) is 18.6 Å². The lowest BCUT2D eigenvalue weighted by Gasteiger charge is -2.03. The number of rotatable bonds is 3. The van der Waals surface area contributed by atoms with E-state index in [1.807, 2.05) is 32.2 Å². The molecule has 3 nitrogen and oxygen atoms in total. The summed E-state index contributed by atoms with van der Waals surface area (Å²) in [5, 5.41) is 6.11. The summed E-state index contributed by atoms with van der Waals surface area (Å²) in [5.74, 6) is 1.81. The third kappa shape index (κ3) is 2.11. The van der Waals surface area contributed by atoms with E-state index in [2.05, 4.69) is 15.6 Å². The monoisotopic (exact) mass is 151 g/mol. The van der Waals surface area contributed by atoms with E-state index >= 15 is 0 Å². The molecule has 0 saturated carbocycles. The van der Waals surface area contributed by atoms with Crippen molar-refractivity contribution in [1.29, 1.82) is 0 Å². The van der Waals surface area contributed by atoms with Crippen molar-refractivity contribution in [3.63, 3.8) is 0 Å². The lowest BCUT2D eigenvalue weighted by molar-refractivity contribution is 1.16. The maximum Gasteiger partial charge on any atom is 0.128 e. The zero-order chi connectivity index (χ0) is 8.10. The van der Waals surface area contributed by atoms with Gasteiger partial charge in [-0.2, -0.15) is 0 Å². The van der Waals surface area contributed by atoms with Crippen LogP contribution in [0.15, 0.2) is 18.2 Å². The molecule has 2 N–H and O–H groups in total. The average molecular weight is 151 g/mol. The number of pyridine rings is 1. The number of hydrogen-bond donors (Lipinski definition) is 2. The van der Waals surface area contributed by atoms with Crippen molar-refractivity contribution in [3.8, 4) is 0 Å². The van der Waals surface area contributed by atoms with E-state index in [0.29, 0.717) is 0 Å². The Morgan fingerprint density at radius 3 is 2.73 bits per heavy atom. The van der Waals surface area contributed by atoms with Gasteiger partial charge >= 0.3 is 0 Å². The van der Waals surface area contributed by atoms with Crippen molar-refractivity contribution in [3.05, 3.63) is 18.2 Å². The van der Waals surface area contributed by atoms with Crippen molar-refractivity contribution in [2.24, 2.45) is 0 Å². The van der Waals surface area contributed by atoms with E-state index in [9.17, 15) is 0 Å². The van der Waals surface area contributed by atoms with Crippen LogP contribution in [0.2, 0.25) is 0 Å². The molecule has 1 heterocycles. The molecule has 0 aromatic carbocycles. The van der Waals surface area contributed by atoms with Gasteiger partial charge in [0.05, 0.1) is 0 Å². The zero-order valence-corrected chi connectivity index (χ0v) is 6.89. The van der Waals surface area contributed by atoms with Gasteiger partial charge in [-0.3, -0.25) is 0 Å². The molecule has 0 spiro atoms. The predicted molar refractivity (Wildman–Crippen MR) is 47.9 cm³/mol. The van der Waals surface area contributed by atoms with Crippen molar-refractivity contribution in [1.82, 2.24) is 4.98 Å². The first kappa shape index (κ1) is 7.85. The Hall–Kier alpha value is -1.25. The number of anilines is 2. The van der Waals surface area contributed by atoms with E-state index in [1.165, 1.54) is 0 Å². The highest BCUT2D eigenvalue weighted by molar-refractivity contribution is 5.44. The fraction of sp³-hybridized carbons (Fsp3) is 0.375. The molecule has 1 aromatic rings. The van der Waals surface area contributed by atoms with Crippen LogP contribution in [0.25, 0.3) is 0 Å². The highest BCUT2D eigenvalue weighted by atomic mass is 15.0. The minimum absolute atomic E-state index is 0.892. The summed E-state index contributed by atoms with van der Waals surface area (Å²) in [6, 6.07) is 5.85. The average Bonchev–Trinajstić information content (AvgIpc) is 2.06. The molecule has 0 aliphatic heterocycles. The minimum atomic E-state index is 0.892. The van der Waals surface area contributed by atoms with Gasteiger partial charge in [-0.25, -0.2) is 4.98 Å². The molecule has 0 amide bonds. The summed E-state index contributed by atoms with van der Waals surface area (Å²) in [7, 11) is 1.86. The normalized spacial score (nSPS) is 9.27. The molecule has 0 aliphatic rings. The van der Waals surface area contributed by atoms with Crippen LogP contribution in [0.4, 0.5) is 11.6 Å². The lowest BCUT2D eigenvalue weighted by Crippen LogP contribution is -2.00. The Bertz CT molecular complexity index is 222. The van der Waals surface area contributed by atoms with E-state index < -0.39 is 0 Å². The van der Waals surface area contributed by atoms with Gasteiger partial charge in [-0.05, 0) is 19.1 Å². The number of nitrogens with zero attached hydrogens (tertiary/aromatic N) is 1. The SMILES string of the molecule is CCNc1cccc(NC)n1. The molecular weight excluding hydrogens is 138 g/mol. The summed E-state index contributed by atoms with van der Waals surface area (Å²) in [5.41, 5.74) is 0. The van der Waals surface area contributed by atoms with Crippen molar-refractivity contribution >= 4 is 11.6 Å². The third-order valence-corrected chi connectivity index (χ3v) is 1.36. The first-order chi connectivity index (χ1) is 5.36.